The number of likely N-dealkylation sites (tertiary alicyclic amines) is 1. The van der Waals surface area contributed by atoms with Crippen molar-refractivity contribution in [3.63, 3.8) is 0 Å². The van der Waals surface area contributed by atoms with Crippen LogP contribution in [-0.2, 0) is 16.1 Å². The highest BCUT2D eigenvalue weighted by Gasteiger charge is 2.28. The Hall–Kier alpha value is -3.88. The van der Waals surface area contributed by atoms with Gasteiger partial charge in [-0.2, -0.15) is 0 Å². The summed E-state index contributed by atoms with van der Waals surface area (Å²) in [6, 6.07) is 11.1. The Morgan fingerprint density at radius 2 is 1.87 bits per heavy atom. The van der Waals surface area contributed by atoms with Crippen LogP contribution in [-0.4, -0.2) is 41.7 Å². The molecule has 0 aromatic heterocycles. The van der Waals surface area contributed by atoms with Crippen LogP contribution >= 0.6 is 0 Å². The van der Waals surface area contributed by atoms with Crippen LogP contribution in [0.1, 0.15) is 28.8 Å². The average Bonchev–Trinajstić information content (AvgIpc) is 3.27. The van der Waals surface area contributed by atoms with E-state index in [1.165, 1.54) is 4.90 Å². The van der Waals surface area contributed by atoms with Crippen molar-refractivity contribution in [2.45, 2.75) is 19.4 Å². The molecule has 9 heteroatoms. The highest BCUT2D eigenvalue weighted by Crippen LogP contribution is 2.30. The predicted octanol–water partition coefficient (Wildman–Crippen LogP) is 1.76. The Bertz CT molecular complexity index is 1030. The molecule has 0 spiro atoms. The number of nitrogens with one attached hydrogen (secondary N) is 1. The van der Waals surface area contributed by atoms with Crippen molar-refractivity contribution in [2.75, 3.05) is 18.0 Å². The minimum Gasteiger partial charge on any atom is -0.457 e. The molecule has 30 heavy (non-hydrogen) atoms. The quantitative estimate of drug-likeness (QED) is 0.705. The van der Waals surface area contributed by atoms with Crippen molar-refractivity contribution >= 4 is 29.4 Å². The SMILES string of the molecule is NC(=O)c1ccc(CN2CCCC2=O)c(Oc2ccc(N3CC(=O)NC3=O)cc2)c1. The molecule has 2 aromatic rings. The molecule has 0 unspecified atom stereocenters. The van der Waals surface area contributed by atoms with Crippen molar-refractivity contribution < 1.29 is 23.9 Å². The summed E-state index contributed by atoms with van der Waals surface area (Å²) in [5, 5.41) is 2.22. The minimum atomic E-state index is -0.580. The standard InChI is InChI=1S/C21H20N4O5/c22-20(28)13-3-4-14(11-24-9-1-2-19(24)27)17(10-13)30-16-7-5-15(6-8-16)25-12-18(26)23-21(25)29/h3-8,10H,1-2,9,11-12H2,(H2,22,28)(H,23,26,29). The molecule has 4 rings (SSSR count). The van der Waals surface area contributed by atoms with E-state index in [1.807, 2.05) is 0 Å². The van der Waals surface area contributed by atoms with Crippen LogP contribution in [0.2, 0.25) is 0 Å². The molecule has 5 amide bonds. The third-order valence-electron chi connectivity index (χ3n) is 5.05. The van der Waals surface area contributed by atoms with Gasteiger partial charge in [0.2, 0.25) is 17.7 Å². The van der Waals surface area contributed by atoms with Gasteiger partial charge in [-0.15, -0.1) is 0 Å². The van der Waals surface area contributed by atoms with Crippen LogP contribution in [0.4, 0.5) is 10.5 Å². The van der Waals surface area contributed by atoms with E-state index in [1.54, 1.807) is 47.4 Å². The van der Waals surface area contributed by atoms with Gasteiger partial charge >= 0.3 is 6.03 Å². The van der Waals surface area contributed by atoms with Crippen LogP contribution < -0.4 is 20.7 Å². The van der Waals surface area contributed by atoms with Gasteiger partial charge in [0.15, 0.2) is 0 Å². The smallest absolute Gasteiger partial charge is 0.329 e. The maximum atomic E-state index is 12.0. The average molecular weight is 408 g/mol. The second-order valence-corrected chi connectivity index (χ2v) is 7.14. The second kappa shape index (κ2) is 7.86. The van der Waals surface area contributed by atoms with Crippen LogP contribution in [0.3, 0.4) is 0 Å². The number of imide groups is 1. The number of amides is 5. The molecule has 2 aromatic carbocycles. The van der Waals surface area contributed by atoms with Crippen LogP contribution in [0.15, 0.2) is 42.5 Å². The zero-order chi connectivity index (χ0) is 21.3. The molecule has 3 N–H and O–H groups in total. The van der Waals surface area contributed by atoms with E-state index in [2.05, 4.69) is 5.32 Å². The summed E-state index contributed by atoms with van der Waals surface area (Å²) in [6.45, 7) is 1.02. The summed E-state index contributed by atoms with van der Waals surface area (Å²) < 4.78 is 5.98. The molecule has 2 heterocycles. The summed E-state index contributed by atoms with van der Waals surface area (Å²) in [5.74, 6) is 0.0456. The zero-order valence-corrected chi connectivity index (χ0v) is 16.1. The van der Waals surface area contributed by atoms with Crippen molar-refractivity contribution in [1.82, 2.24) is 10.2 Å². The van der Waals surface area contributed by atoms with E-state index >= 15 is 0 Å². The number of primary amides is 1. The Labute approximate surface area is 172 Å². The summed E-state index contributed by atoms with van der Waals surface area (Å²) in [5.41, 5.74) is 7.00. The van der Waals surface area contributed by atoms with E-state index in [0.717, 1.165) is 12.0 Å². The van der Waals surface area contributed by atoms with E-state index in [4.69, 9.17) is 10.5 Å². The van der Waals surface area contributed by atoms with Gasteiger partial charge in [0, 0.05) is 36.3 Å². The van der Waals surface area contributed by atoms with Crippen LogP contribution in [0.25, 0.3) is 0 Å². The fraction of sp³-hybridized carbons (Fsp3) is 0.238. The van der Waals surface area contributed by atoms with Gasteiger partial charge in [-0.1, -0.05) is 6.07 Å². The summed E-state index contributed by atoms with van der Waals surface area (Å²) in [7, 11) is 0. The molecule has 2 fully saturated rings. The molecular weight excluding hydrogens is 388 g/mol. The van der Waals surface area contributed by atoms with Crippen molar-refractivity contribution in [3.05, 3.63) is 53.6 Å². The number of anilines is 1. The lowest BCUT2D eigenvalue weighted by Crippen LogP contribution is -2.27. The number of ether oxygens (including phenoxy) is 1. The number of hydrogen-bond acceptors (Lipinski definition) is 5. The first-order chi connectivity index (χ1) is 14.4. The number of carbonyl (C=O) groups excluding carboxylic acids is 4. The first-order valence-electron chi connectivity index (χ1n) is 9.50. The first kappa shape index (κ1) is 19.4. The molecule has 2 aliphatic heterocycles. The van der Waals surface area contributed by atoms with Gasteiger partial charge in [-0.05, 0) is 42.8 Å². The topological polar surface area (TPSA) is 122 Å². The fourth-order valence-corrected chi connectivity index (χ4v) is 3.48. The van der Waals surface area contributed by atoms with Gasteiger partial charge in [-0.3, -0.25) is 24.6 Å². The Morgan fingerprint density at radius 1 is 1.10 bits per heavy atom. The molecule has 0 bridgehead atoms. The summed E-state index contributed by atoms with van der Waals surface area (Å²) in [6.07, 6.45) is 1.35. The highest BCUT2D eigenvalue weighted by atomic mass is 16.5. The number of nitrogens with zero attached hydrogens (tertiary/aromatic N) is 2. The molecule has 2 aliphatic rings. The molecule has 0 aliphatic carbocycles. The lowest BCUT2D eigenvalue weighted by atomic mass is 10.1. The Balaban J connectivity index is 1.57. The van der Waals surface area contributed by atoms with E-state index in [-0.39, 0.29) is 18.4 Å². The van der Waals surface area contributed by atoms with E-state index in [9.17, 15) is 19.2 Å². The molecule has 2 saturated heterocycles. The molecule has 154 valence electrons. The van der Waals surface area contributed by atoms with Crippen LogP contribution in [0.5, 0.6) is 11.5 Å². The molecule has 0 radical (unpaired) electrons. The van der Waals surface area contributed by atoms with E-state index < -0.39 is 11.9 Å². The van der Waals surface area contributed by atoms with Crippen molar-refractivity contribution in [1.29, 1.82) is 0 Å². The number of benzene rings is 2. The predicted molar refractivity (Wildman–Crippen MR) is 107 cm³/mol. The fourth-order valence-electron chi connectivity index (χ4n) is 3.48. The number of hydrogen-bond donors (Lipinski definition) is 2. The minimum absolute atomic E-state index is 0.0340. The largest absolute Gasteiger partial charge is 0.457 e. The third-order valence-corrected chi connectivity index (χ3v) is 5.05. The normalized spacial score (nSPS) is 16.2. The monoisotopic (exact) mass is 408 g/mol. The Morgan fingerprint density at radius 3 is 2.47 bits per heavy atom. The van der Waals surface area contributed by atoms with Crippen molar-refractivity contribution in [3.8, 4) is 11.5 Å². The molecule has 0 saturated carbocycles. The summed E-state index contributed by atoms with van der Waals surface area (Å²) >= 11 is 0. The number of nitrogens with two attached hydrogens (primary N) is 1. The summed E-state index contributed by atoms with van der Waals surface area (Å²) in [4.78, 5) is 49.8. The second-order valence-electron chi connectivity index (χ2n) is 7.14. The number of urea groups is 1. The first-order valence-corrected chi connectivity index (χ1v) is 9.50. The zero-order valence-electron chi connectivity index (χ0n) is 16.1. The maximum absolute atomic E-state index is 12.0. The highest BCUT2D eigenvalue weighted by molar-refractivity contribution is 6.12. The van der Waals surface area contributed by atoms with Crippen molar-refractivity contribution in [2.24, 2.45) is 5.73 Å². The Kier molecular flexibility index (Phi) is 5.09. The van der Waals surface area contributed by atoms with Gasteiger partial charge in [-0.25, -0.2) is 4.79 Å². The molecular formula is C21H20N4O5. The lowest BCUT2D eigenvalue weighted by Gasteiger charge is -2.19. The van der Waals surface area contributed by atoms with E-state index in [0.29, 0.717) is 42.3 Å². The molecule has 9 nitrogen and oxygen atoms in total. The number of rotatable bonds is 6. The maximum Gasteiger partial charge on any atom is 0.329 e. The molecule has 0 atom stereocenters. The number of carbonyl (C=O) groups is 4. The lowest BCUT2D eigenvalue weighted by molar-refractivity contribution is -0.128. The van der Waals surface area contributed by atoms with Gasteiger partial charge < -0.3 is 15.4 Å². The van der Waals surface area contributed by atoms with Gasteiger partial charge in [0.25, 0.3) is 0 Å². The van der Waals surface area contributed by atoms with Gasteiger partial charge in [0.1, 0.15) is 18.0 Å². The van der Waals surface area contributed by atoms with Gasteiger partial charge in [0.05, 0.1) is 0 Å². The van der Waals surface area contributed by atoms with Crippen LogP contribution in [0, 0.1) is 0 Å². The third kappa shape index (κ3) is 3.95.